The highest BCUT2D eigenvalue weighted by Crippen LogP contribution is 2.20. The first kappa shape index (κ1) is 18.0. The fourth-order valence-electron chi connectivity index (χ4n) is 3.02. The molecule has 1 aliphatic rings. The lowest BCUT2D eigenvalue weighted by molar-refractivity contribution is -0.149. The van der Waals surface area contributed by atoms with E-state index in [4.69, 9.17) is 9.47 Å². The van der Waals surface area contributed by atoms with E-state index >= 15 is 0 Å². The van der Waals surface area contributed by atoms with Gasteiger partial charge in [-0.25, -0.2) is 4.79 Å². The predicted octanol–water partition coefficient (Wildman–Crippen LogP) is 2.76. The summed E-state index contributed by atoms with van der Waals surface area (Å²) in [5.41, 5.74) is 0.859. The van der Waals surface area contributed by atoms with Gasteiger partial charge in [0.1, 0.15) is 5.75 Å². The molecule has 24 heavy (non-hydrogen) atoms. The number of hydrogen-bond donors (Lipinski definition) is 0. The van der Waals surface area contributed by atoms with Crippen LogP contribution in [0, 0.1) is 11.8 Å². The van der Waals surface area contributed by atoms with Gasteiger partial charge < -0.3 is 14.4 Å². The molecule has 5 nitrogen and oxygen atoms in total. The highest BCUT2D eigenvalue weighted by Gasteiger charge is 2.25. The van der Waals surface area contributed by atoms with Gasteiger partial charge in [-0.2, -0.15) is 0 Å². The summed E-state index contributed by atoms with van der Waals surface area (Å²) < 4.78 is 10.1. The molecule has 0 aromatic heterocycles. The first-order valence-electron chi connectivity index (χ1n) is 8.24. The lowest BCUT2D eigenvalue weighted by Gasteiger charge is -2.34. The monoisotopic (exact) mass is 331 g/mol. The van der Waals surface area contributed by atoms with Crippen molar-refractivity contribution in [2.24, 2.45) is 11.8 Å². The molecule has 0 bridgehead atoms. The summed E-state index contributed by atoms with van der Waals surface area (Å²) >= 11 is 0. The van der Waals surface area contributed by atoms with E-state index in [1.807, 2.05) is 24.3 Å². The summed E-state index contributed by atoms with van der Waals surface area (Å²) in [5, 5.41) is 0. The van der Waals surface area contributed by atoms with Crippen LogP contribution in [0.2, 0.25) is 0 Å². The van der Waals surface area contributed by atoms with Crippen LogP contribution in [0.4, 0.5) is 0 Å². The van der Waals surface area contributed by atoms with Crippen LogP contribution in [-0.2, 0) is 14.3 Å². The molecule has 5 heteroatoms. The van der Waals surface area contributed by atoms with Crippen molar-refractivity contribution < 1.29 is 19.1 Å². The summed E-state index contributed by atoms with van der Waals surface area (Å²) in [6.45, 7) is 5.55. The Bertz CT molecular complexity index is 584. The van der Waals surface area contributed by atoms with Gasteiger partial charge in [0.15, 0.2) is 6.61 Å². The zero-order valence-corrected chi connectivity index (χ0v) is 14.5. The normalized spacial score (nSPS) is 20.9. The molecule has 0 spiro atoms. The van der Waals surface area contributed by atoms with Crippen molar-refractivity contribution in [2.75, 3.05) is 26.8 Å². The van der Waals surface area contributed by atoms with E-state index in [2.05, 4.69) is 13.8 Å². The van der Waals surface area contributed by atoms with Crippen LogP contribution in [0.5, 0.6) is 5.75 Å². The first-order valence-corrected chi connectivity index (χ1v) is 8.24. The second-order valence-corrected chi connectivity index (χ2v) is 6.46. The first-order chi connectivity index (χ1) is 11.5. The number of likely N-dealkylation sites (tertiary alicyclic amines) is 1. The highest BCUT2D eigenvalue weighted by molar-refractivity contribution is 5.89. The zero-order chi connectivity index (χ0) is 17.5. The molecule has 1 aliphatic heterocycles. The van der Waals surface area contributed by atoms with Crippen molar-refractivity contribution in [3.63, 3.8) is 0 Å². The second-order valence-electron chi connectivity index (χ2n) is 6.46. The summed E-state index contributed by atoms with van der Waals surface area (Å²) in [6.07, 6.45) is 4.11. The van der Waals surface area contributed by atoms with Gasteiger partial charge >= 0.3 is 5.97 Å². The minimum absolute atomic E-state index is 0.125. The number of carbonyl (C=O) groups excluding carboxylic acids is 2. The van der Waals surface area contributed by atoms with Gasteiger partial charge in [0.25, 0.3) is 5.91 Å². The number of methoxy groups -OCH3 is 1. The predicted molar refractivity (Wildman–Crippen MR) is 92.5 cm³/mol. The van der Waals surface area contributed by atoms with Crippen LogP contribution in [0.25, 0.3) is 6.08 Å². The topological polar surface area (TPSA) is 55.8 Å². The molecule has 0 aliphatic carbocycles. The van der Waals surface area contributed by atoms with E-state index in [1.54, 1.807) is 18.1 Å². The summed E-state index contributed by atoms with van der Waals surface area (Å²) in [4.78, 5) is 25.7. The van der Waals surface area contributed by atoms with E-state index in [0.29, 0.717) is 11.8 Å². The number of esters is 1. The molecule has 1 aromatic rings. The van der Waals surface area contributed by atoms with Crippen LogP contribution in [0.1, 0.15) is 25.8 Å². The van der Waals surface area contributed by atoms with Gasteiger partial charge in [0, 0.05) is 19.2 Å². The molecule has 1 heterocycles. The second kappa shape index (κ2) is 8.52. The van der Waals surface area contributed by atoms with Gasteiger partial charge in [-0.15, -0.1) is 0 Å². The van der Waals surface area contributed by atoms with Crippen LogP contribution in [0.3, 0.4) is 0 Å². The maximum absolute atomic E-state index is 12.1. The Labute approximate surface area is 143 Å². The number of hydrogen-bond acceptors (Lipinski definition) is 4. The van der Waals surface area contributed by atoms with Crippen molar-refractivity contribution in [1.82, 2.24) is 4.90 Å². The number of carbonyl (C=O) groups is 2. The molecular weight excluding hydrogens is 306 g/mol. The van der Waals surface area contributed by atoms with Gasteiger partial charge in [0.2, 0.25) is 0 Å². The largest absolute Gasteiger partial charge is 0.497 e. The number of amides is 1. The average Bonchev–Trinajstić information content (AvgIpc) is 2.57. The van der Waals surface area contributed by atoms with Crippen molar-refractivity contribution in [3.8, 4) is 5.75 Å². The van der Waals surface area contributed by atoms with E-state index < -0.39 is 5.97 Å². The Hall–Kier alpha value is -2.30. The lowest BCUT2D eigenvalue weighted by Crippen LogP contribution is -2.44. The van der Waals surface area contributed by atoms with E-state index in [0.717, 1.165) is 30.8 Å². The summed E-state index contributed by atoms with van der Waals surface area (Å²) in [6, 6.07) is 7.30. The van der Waals surface area contributed by atoms with E-state index in [-0.39, 0.29) is 12.5 Å². The molecule has 0 N–H and O–H groups in total. The highest BCUT2D eigenvalue weighted by atomic mass is 16.5. The summed E-state index contributed by atoms with van der Waals surface area (Å²) in [5.74, 6) is 1.09. The molecule has 0 unspecified atom stereocenters. The SMILES string of the molecule is COc1ccc(/C=C/C(=O)OCC(=O)N2C[C@H](C)C[C@@H](C)C2)cc1. The lowest BCUT2D eigenvalue weighted by atomic mass is 9.92. The molecule has 0 radical (unpaired) electrons. The third kappa shape index (κ3) is 5.41. The number of nitrogens with zero attached hydrogens (tertiary/aromatic N) is 1. The molecule has 1 amide bonds. The molecule has 0 saturated carbocycles. The van der Waals surface area contributed by atoms with Gasteiger partial charge in [0.05, 0.1) is 7.11 Å². The molecule has 2 atom stereocenters. The minimum atomic E-state index is -0.516. The Morgan fingerprint density at radius 1 is 1.17 bits per heavy atom. The quantitative estimate of drug-likeness (QED) is 0.615. The molecule has 1 saturated heterocycles. The fraction of sp³-hybridized carbons (Fsp3) is 0.474. The Balaban J connectivity index is 1.79. The van der Waals surface area contributed by atoms with Crippen LogP contribution in [0.15, 0.2) is 30.3 Å². The van der Waals surface area contributed by atoms with E-state index in [9.17, 15) is 9.59 Å². The third-order valence-corrected chi connectivity index (χ3v) is 4.09. The van der Waals surface area contributed by atoms with Crippen LogP contribution >= 0.6 is 0 Å². The average molecular weight is 331 g/mol. The third-order valence-electron chi connectivity index (χ3n) is 4.09. The Morgan fingerprint density at radius 2 is 1.79 bits per heavy atom. The smallest absolute Gasteiger partial charge is 0.331 e. The molecule has 1 fully saturated rings. The van der Waals surface area contributed by atoms with Gasteiger partial charge in [-0.3, -0.25) is 4.79 Å². The Morgan fingerprint density at radius 3 is 2.38 bits per heavy atom. The van der Waals surface area contributed by atoms with Crippen LogP contribution in [-0.4, -0.2) is 43.6 Å². The molecule has 130 valence electrons. The maximum atomic E-state index is 12.1. The van der Waals surface area contributed by atoms with Gasteiger partial charge in [-0.1, -0.05) is 26.0 Å². The van der Waals surface area contributed by atoms with Crippen LogP contribution < -0.4 is 4.74 Å². The summed E-state index contributed by atoms with van der Waals surface area (Å²) in [7, 11) is 1.60. The molecule has 1 aromatic carbocycles. The van der Waals surface area contributed by atoms with Crippen molar-refractivity contribution in [3.05, 3.63) is 35.9 Å². The van der Waals surface area contributed by atoms with Gasteiger partial charge in [-0.05, 0) is 42.0 Å². The van der Waals surface area contributed by atoms with Crippen molar-refractivity contribution in [1.29, 1.82) is 0 Å². The number of piperidine rings is 1. The van der Waals surface area contributed by atoms with Crippen molar-refractivity contribution in [2.45, 2.75) is 20.3 Å². The minimum Gasteiger partial charge on any atom is -0.497 e. The maximum Gasteiger partial charge on any atom is 0.331 e. The number of rotatable bonds is 5. The standard InChI is InChI=1S/C19H25NO4/c1-14-10-15(2)12-20(11-14)18(21)13-24-19(22)9-6-16-4-7-17(23-3)8-5-16/h4-9,14-15H,10-13H2,1-3H3/b9-6+/t14-,15-/m1/s1. The molecular formula is C19H25NO4. The Kier molecular flexibility index (Phi) is 6.41. The number of ether oxygens (including phenoxy) is 2. The number of benzene rings is 1. The molecule has 2 rings (SSSR count). The van der Waals surface area contributed by atoms with E-state index in [1.165, 1.54) is 6.08 Å². The fourth-order valence-corrected chi connectivity index (χ4v) is 3.02. The van der Waals surface area contributed by atoms with Crippen molar-refractivity contribution >= 4 is 18.0 Å². The zero-order valence-electron chi connectivity index (χ0n) is 14.5.